The number of hydrogen-bond acceptors (Lipinski definition) is 15. The van der Waals surface area contributed by atoms with Gasteiger partial charge in [-0.3, -0.25) is 9.09 Å². The van der Waals surface area contributed by atoms with Gasteiger partial charge in [-0.2, -0.15) is 0 Å². The second kappa shape index (κ2) is 11.2. The van der Waals surface area contributed by atoms with Gasteiger partial charge in [-0.05, 0) is 18.7 Å². The predicted molar refractivity (Wildman–Crippen MR) is 144 cm³/mol. The van der Waals surface area contributed by atoms with Gasteiger partial charge in [-0.25, -0.2) is 24.3 Å². The molecule has 0 amide bonds. The summed E-state index contributed by atoms with van der Waals surface area (Å²) in [6.07, 6.45) is -7.15. The fourth-order valence-electron chi connectivity index (χ4n) is 5.00. The van der Waals surface area contributed by atoms with Gasteiger partial charge in [-0.15, -0.1) is 9.05 Å². The van der Waals surface area contributed by atoms with E-state index in [4.69, 9.17) is 50.8 Å². The summed E-state index contributed by atoms with van der Waals surface area (Å²) < 4.78 is 65.2. The first-order chi connectivity index (χ1) is 19.9. The highest BCUT2D eigenvalue weighted by Crippen LogP contribution is 2.51. The molecule has 226 valence electrons. The van der Waals surface area contributed by atoms with Gasteiger partial charge < -0.3 is 40.0 Å². The van der Waals surface area contributed by atoms with Gasteiger partial charge in [0.1, 0.15) is 48.2 Å². The molecule has 3 saturated heterocycles. The number of imidazole rings is 2. The Labute approximate surface area is 242 Å². The monoisotopic (exact) mass is 647 g/mol. The number of nitrogen functional groups attached to an aromatic ring is 1. The van der Waals surface area contributed by atoms with Crippen molar-refractivity contribution < 1.29 is 46.5 Å². The minimum atomic E-state index is -4.15. The maximum atomic E-state index is 15.9. The second-order valence-electron chi connectivity index (χ2n) is 9.70. The standard InChI is InChI=1S/C21H25FN8O9P2S/c1-8(23)13-9(2)29(6-27-13)21-15(31)17-11(37-21)4-35-41(33,42)39-16-10(3-34-40(32)38-17)36-20(12(16)22)30-7-28-14-18(24)25-5-26-19(14)30/h5-7,10-12,15-17,20-21,31H,2-4,23H2,1H3,(H2-,24,25,26,33,42)/p+1/b13-8-/t10-,11-,12-,15-,16-,17-,20-,21-,41?/m1/s1. The number of aliphatic hydroxyl groups excluding tert-OH is 1. The van der Waals surface area contributed by atoms with E-state index in [-0.39, 0.29) is 17.0 Å². The molecule has 0 radical (unpaired) electrons. The van der Waals surface area contributed by atoms with Gasteiger partial charge in [0.2, 0.25) is 0 Å². The van der Waals surface area contributed by atoms with Crippen LogP contribution in [0.15, 0.2) is 19.0 Å². The van der Waals surface area contributed by atoms with E-state index in [1.54, 1.807) is 6.92 Å². The van der Waals surface area contributed by atoms with Crippen LogP contribution in [0.1, 0.15) is 19.4 Å². The topological polar surface area (TPSA) is 226 Å². The van der Waals surface area contributed by atoms with Crippen LogP contribution in [0.25, 0.3) is 23.4 Å². The Kier molecular flexibility index (Phi) is 7.86. The fourth-order valence-corrected chi connectivity index (χ4v) is 7.22. The molecule has 6 heterocycles. The van der Waals surface area contributed by atoms with E-state index < -0.39 is 77.3 Å². The summed E-state index contributed by atoms with van der Waals surface area (Å²) in [5.41, 5.74) is 12.5. The van der Waals surface area contributed by atoms with Crippen molar-refractivity contribution in [3.63, 3.8) is 0 Å². The van der Waals surface area contributed by atoms with Crippen molar-refractivity contribution in [1.82, 2.24) is 29.1 Å². The van der Waals surface area contributed by atoms with Crippen molar-refractivity contribution in [2.75, 3.05) is 18.9 Å². The Morgan fingerprint density at radius 2 is 1.88 bits per heavy atom. The minimum Gasteiger partial charge on any atom is -0.400 e. The van der Waals surface area contributed by atoms with Gasteiger partial charge in [-0.1, -0.05) is 6.58 Å². The SMILES string of the molecule is C=c1/c(=C(\C)N)ncn1[C@@H]1O[C@@H]2COP(O)(=S)O[C@H]3[C@@H](F)[C@H](n4cnc5c(N)ncnc54)O[C@@H]3CO[P+](=O)O[C@H]2[C@H]1O. The lowest BCUT2D eigenvalue weighted by Gasteiger charge is -2.25. The van der Waals surface area contributed by atoms with E-state index in [0.29, 0.717) is 16.4 Å². The molecule has 3 aliphatic rings. The lowest BCUT2D eigenvalue weighted by atomic mass is 10.1. The number of aliphatic hydroxyl groups is 1. The van der Waals surface area contributed by atoms with Gasteiger partial charge >= 0.3 is 15.0 Å². The maximum absolute atomic E-state index is 15.9. The highest BCUT2D eigenvalue weighted by atomic mass is 32.5. The number of halogens is 1. The molecular weight excluding hydrogens is 621 g/mol. The molecule has 17 nitrogen and oxygen atoms in total. The summed E-state index contributed by atoms with van der Waals surface area (Å²) in [4.78, 5) is 27.1. The first kappa shape index (κ1) is 29.5. The van der Waals surface area contributed by atoms with Crippen LogP contribution in [0, 0.1) is 0 Å². The second-order valence-corrected chi connectivity index (χ2v) is 13.4. The first-order valence-corrected chi connectivity index (χ1v) is 16.1. The van der Waals surface area contributed by atoms with E-state index >= 15 is 4.39 Å². The maximum Gasteiger partial charge on any atom is 0.697 e. The van der Waals surface area contributed by atoms with Crippen molar-refractivity contribution in [2.45, 2.75) is 56.1 Å². The molecule has 0 saturated carbocycles. The Morgan fingerprint density at radius 3 is 2.62 bits per heavy atom. The van der Waals surface area contributed by atoms with Crippen LogP contribution in [0.2, 0.25) is 0 Å². The van der Waals surface area contributed by atoms with Gasteiger partial charge in [0.05, 0.1) is 24.6 Å². The molecule has 0 aromatic carbocycles. The highest BCUT2D eigenvalue weighted by molar-refractivity contribution is 8.07. The van der Waals surface area contributed by atoms with E-state index in [2.05, 4.69) is 26.5 Å². The molecule has 6 rings (SSSR count). The lowest BCUT2D eigenvalue weighted by Crippen LogP contribution is -2.39. The van der Waals surface area contributed by atoms with Crippen molar-refractivity contribution in [3.8, 4) is 0 Å². The highest BCUT2D eigenvalue weighted by Gasteiger charge is 2.54. The van der Waals surface area contributed by atoms with Crippen LogP contribution in [0.3, 0.4) is 0 Å². The molecule has 10 atom stereocenters. The number of rotatable bonds is 2. The molecule has 2 unspecified atom stereocenters. The van der Waals surface area contributed by atoms with Crippen LogP contribution >= 0.6 is 15.0 Å². The lowest BCUT2D eigenvalue weighted by molar-refractivity contribution is -0.0586. The number of hydrogen-bond donors (Lipinski definition) is 4. The van der Waals surface area contributed by atoms with E-state index in [0.717, 1.165) is 0 Å². The molecule has 6 N–H and O–H groups in total. The summed E-state index contributed by atoms with van der Waals surface area (Å²) in [6, 6.07) is 0. The summed E-state index contributed by atoms with van der Waals surface area (Å²) in [6.45, 7) is 0.425. The van der Waals surface area contributed by atoms with Crippen LogP contribution in [-0.4, -0.2) is 89.0 Å². The Bertz CT molecular complexity index is 1690. The fraction of sp³-hybridized carbons (Fsp3) is 0.524. The zero-order valence-electron chi connectivity index (χ0n) is 21.7. The third-order valence-electron chi connectivity index (χ3n) is 6.99. The summed E-state index contributed by atoms with van der Waals surface area (Å²) in [5, 5.41) is 11.8. The number of fused-ring (bicyclic) bond motifs is 3. The van der Waals surface area contributed by atoms with Crippen LogP contribution in [0.5, 0.6) is 0 Å². The molecule has 42 heavy (non-hydrogen) atoms. The van der Waals surface area contributed by atoms with Crippen LogP contribution < -0.4 is 22.2 Å². The van der Waals surface area contributed by atoms with E-state index in [1.165, 1.54) is 28.1 Å². The molecule has 3 aliphatic heterocycles. The van der Waals surface area contributed by atoms with Crippen molar-refractivity contribution in [2.24, 2.45) is 5.73 Å². The summed E-state index contributed by atoms with van der Waals surface area (Å²) in [7, 11) is -2.90. The van der Waals surface area contributed by atoms with Crippen molar-refractivity contribution >= 4 is 56.0 Å². The van der Waals surface area contributed by atoms with Crippen LogP contribution in [0.4, 0.5) is 10.2 Å². The molecular formula is C21H26FN8O9P2S+. The number of nitrogens with zero attached hydrogens (tertiary/aromatic N) is 6. The Balaban J connectivity index is 1.25. The van der Waals surface area contributed by atoms with Crippen molar-refractivity contribution in [3.05, 3.63) is 29.7 Å². The van der Waals surface area contributed by atoms with E-state index in [1.807, 2.05) is 0 Å². The summed E-state index contributed by atoms with van der Waals surface area (Å²) in [5.74, 6) is 0.0801. The molecule has 21 heteroatoms. The molecule has 0 spiro atoms. The zero-order chi connectivity index (χ0) is 29.9. The molecule has 3 fully saturated rings. The van der Waals surface area contributed by atoms with Gasteiger partial charge in [0, 0.05) is 10.3 Å². The third-order valence-corrected chi connectivity index (χ3v) is 9.33. The van der Waals surface area contributed by atoms with Crippen molar-refractivity contribution in [1.29, 1.82) is 0 Å². The largest absolute Gasteiger partial charge is 0.697 e. The van der Waals surface area contributed by atoms with Crippen LogP contribution in [-0.2, 0) is 43.9 Å². The smallest absolute Gasteiger partial charge is 0.400 e. The predicted octanol–water partition coefficient (Wildman–Crippen LogP) is -1.01. The number of ether oxygens (including phenoxy) is 2. The Morgan fingerprint density at radius 1 is 1.17 bits per heavy atom. The van der Waals surface area contributed by atoms with Gasteiger partial charge in [0.25, 0.3) is 0 Å². The Hall–Kier alpha value is -2.54. The number of nitrogens with two attached hydrogens (primary N) is 2. The number of alkyl halides is 1. The average Bonchev–Trinajstić information content (AvgIpc) is 3.68. The molecule has 3 aromatic rings. The quantitative estimate of drug-likeness (QED) is 0.244. The zero-order valence-corrected chi connectivity index (χ0v) is 24.3. The number of anilines is 1. The van der Waals surface area contributed by atoms with Gasteiger partial charge in [0.15, 0.2) is 36.2 Å². The normalized spacial score (nSPS) is 37.6. The molecule has 3 aromatic heterocycles. The minimum absolute atomic E-state index is 0.0801. The average molecular weight is 647 g/mol. The molecule has 0 aliphatic carbocycles. The number of aromatic nitrogens is 6. The first-order valence-electron chi connectivity index (χ1n) is 12.4. The third kappa shape index (κ3) is 5.24. The summed E-state index contributed by atoms with van der Waals surface area (Å²) >= 11 is 5.17. The van der Waals surface area contributed by atoms with E-state index in [9.17, 15) is 14.6 Å². The molecule has 0 bridgehead atoms.